The van der Waals surface area contributed by atoms with Crippen LogP contribution in [0.3, 0.4) is 0 Å². The average Bonchev–Trinajstić information content (AvgIpc) is 2.16. The number of benzene rings is 1. The number of halogens is 1. The SMILES string of the molecule is C[C@@H](CC(=O)O)CN(C)c1ccc(Br)cc1. The summed E-state index contributed by atoms with van der Waals surface area (Å²) in [7, 11) is 1.97. The summed E-state index contributed by atoms with van der Waals surface area (Å²) in [4.78, 5) is 12.6. The lowest BCUT2D eigenvalue weighted by molar-refractivity contribution is -0.137. The zero-order chi connectivity index (χ0) is 12.1. The fraction of sp³-hybridized carbons (Fsp3) is 0.417. The lowest BCUT2D eigenvalue weighted by Crippen LogP contribution is -2.25. The van der Waals surface area contributed by atoms with Crippen LogP contribution in [0.4, 0.5) is 5.69 Å². The first kappa shape index (κ1) is 13.0. The number of hydrogen-bond donors (Lipinski definition) is 1. The fourth-order valence-electron chi connectivity index (χ4n) is 1.63. The topological polar surface area (TPSA) is 40.5 Å². The first-order valence-electron chi connectivity index (χ1n) is 5.17. The van der Waals surface area contributed by atoms with Crippen molar-refractivity contribution in [2.24, 2.45) is 5.92 Å². The number of carboxylic acid groups (broad SMARTS) is 1. The van der Waals surface area contributed by atoms with Gasteiger partial charge in [0.05, 0.1) is 0 Å². The molecular formula is C12H16BrNO2. The van der Waals surface area contributed by atoms with Gasteiger partial charge < -0.3 is 10.0 Å². The molecule has 1 aromatic carbocycles. The molecule has 4 heteroatoms. The van der Waals surface area contributed by atoms with Gasteiger partial charge in [-0.15, -0.1) is 0 Å². The number of hydrogen-bond acceptors (Lipinski definition) is 2. The number of nitrogens with zero attached hydrogens (tertiary/aromatic N) is 1. The van der Waals surface area contributed by atoms with Crippen LogP contribution in [0.15, 0.2) is 28.7 Å². The molecule has 0 aliphatic rings. The van der Waals surface area contributed by atoms with Gasteiger partial charge in [0.1, 0.15) is 0 Å². The van der Waals surface area contributed by atoms with Crippen molar-refractivity contribution in [3.05, 3.63) is 28.7 Å². The Morgan fingerprint density at radius 2 is 2.00 bits per heavy atom. The molecular weight excluding hydrogens is 270 g/mol. The van der Waals surface area contributed by atoms with Gasteiger partial charge in [0.25, 0.3) is 0 Å². The summed E-state index contributed by atoms with van der Waals surface area (Å²) in [6.45, 7) is 2.69. The number of rotatable bonds is 5. The molecule has 0 saturated heterocycles. The van der Waals surface area contributed by atoms with Gasteiger partial charge in [-0.25, -0.2) is 0 Å². The van der Waals surface area contributed by atoms with Crippen molar-refractivity contribution in [1.82, 2.24) is 0 Å². The van der Waals surface area contributed by atoms with E-state index in [0.29, 0.717) is 0 Å². The number of carboxylic acids is 1. The molecule has 0 saturated carbocycles. The number of carbonyl (C=O) groups is 1. The van der Waals surface area contributed by atoms with Crippen molar-refractivity contribution in [3.8, 4) is 0 Å². The van der Waals surface area contributed by atoms with E-state index in [1.165, 1.54) is 0 Å². The second kappa shape index (κ2) is 5.89. The van der Waals surface area contributed by atoms with E-state index in [2.05, 4.69) is 20.8 Å². The van der Waals surface area contributed by atoms with Crippen LogP contribution in [0.25, 0.3) is 0 Å². The van der Waals surface area contributed by atoms with Crippen molar-refractivity contribution < 1.29 is 9.90 Å². The third kappa shape index (κ3) is 4.23. The third-order valence-corrected chi connectivity index (χ3v) is 2.90. The molecule has 0 aromatic heterocycles. The Labute approximate surface area is 104 Å². The van der Waals surface area contributed by atoms with Crippen LogP contribution in [0.2, 0.25) is 0 Å². The summed E-state index contributed by atoms with van der Waals surface area (Å²) in [5, 5.41) is 8.68. The molecule has 0 aliphatic heterocycles. The molecule has 1 rings (SSSR count). The van der Waals surface area contributed by atoms with Gasteiger partial charge in [0.2, 0.25) is 0 Å². The molecule has 88 valence electrons. The standard InChI is InChI=1S/C12H16BrNO2/c1-9(7-12(15)16)8-14(2)11-5-3-10(13)4-6-11/h3-6,9H,7-8H2,1-2H3,(H,15,16)/t9-/m0/s1. The van der Waals surface area contributed by atoms with Gasteiger partial charge in [-0.05, 0) is 30.2 Å². The molecule has 0 heterocycles. The second-order valence-electron chi connectivity index (χ2n) is 4.06. The van der Waals surface area contributed by atoms with Gasteiger partial charge in [-0.1, -0.05) is 22.9 Å². The maximum absolute atomic E-state index is 10.5. The zero-order valence-corrected chi connectivity index (χ0v) is 11.1. The molecule has 0 bridgehead atoms. The summed E-state index contributed by atoms with van der Waals surface area (Å²) in [5.41, 5.74) is 1.10. The molecule has 0 fully saturated rings. The lowest BCUT2D eigenvalue weighted by atomic mass is 10.1. The minimum absolute atomic E-state index is 0.145. The van der Waals surface area contributed by atoms with E-state index < -0.39 is 5.97 Å². The van der Waals surface area contributed by atoms with E-state index in [1.807, 2.05) is 38.2 Å². The van der Waals surface area contributed by atoms with Gasteiger partial charge in [-0.2, -0.15) is 0 Å². The Morgan fingerprint density at radius 3 is 2.50 bits per heavy atom. The van der Waals surface area contributed by atoms with E-state index >= 15 is 0 Å². The Balaban J connectivity index is 2.54. The third-order valence-electron chi connectivity index (χ3n) is 2.38. The maximum Gasteiger partial charge on any atom is 0.303 e. The van der Waals surface area contributed by atoms with Gasteiger partial charge >= 0.3 is 5.97 Å². The predicted octanol–water partition coefficient (Wildman–Crippen LogP) is 3.00. The monoisotopic (exact) mass is 285 g/mol. The quantitative estimate of drug-likeness (QED) is 0.904. The van der Waals surface area contributed by atoms with Crippen molar-refractivity contribution in [3.63, 3.8) is 0 Å². The highest BCUT2D eigenvalue weighted by Crippen LogP contribution is 2.18. The van der Waals surface area contributed by atoms with Crippen molar-refractivity contribution in [1.29, 1.82) is 0 Å². The number of aliphatic carboxylic acids is 1. The van der Waals surface area contributed by atoms with E-state index in [4.69, 9.17) is 5.11 Å². The highest BCUT2D eigenvalue weighted by Gasteiger charge is 2.10. The minimum Gasteiger partial charge on any atom is -0.481 e. The average molecular weight is 286 g/mol. The van der Waals surface area contributed by atoms with Crippen molar-refractivity contribution in [2.75, 3.05) is 18.5 Å². The Bertz CT molecular complexity index is 351. The normalized spacial score (nSPS) is 12.2. The van der Waals surface area contributed by atoms with E-state index in [0.717, 1.165) is 16.7 Å². The molecule has 0 unspecified atom stereocenters. The molecule has 1 atom stereocenters. The highest BCUT2D eigenvalue weighted by atomic mass is 79.9. The van der Waals surface area contributed by atoms with Crippen molar-refractivity contribution in [2.45, 2.75) is 13.3 Å². The Hall–Kier alpha value is -1.03. The van der Waals surface area contributed by atoms with Crippen molar-refractivity contribution >= 4 is 27.6 Å². The summed E-state index contributed by atoms with van der Waals surface area (Å²) in [6, 6.07) is 7.98. The van der Waals surface area contributed by atoms with Crippen LogP contribution in [0, 0.1) is 5.92 Å². The number of anilines is 1. The smallest absolute Gasteiger partial charge is 0.303 e. The van der Waals surface area contributed by atoms with E-state index in [1.54, 1.807) is 0 Å². The second-order valence-corrected chi connectivity index (χ2v) is 4.98. The highest BCUT2D eigenvalue weighted by molar-refractivity contribution is 9.10. The van der Waals surface area contributed by atoms with Crippen LogP contribution in [-0.2, 0) is 4.79 Å². The minimum atomic E-state index is -0.739. The van der Waals surface area contributed by atoms with Gasteiger partial charge in [0.15, 0.2) is 0 Å². The summed E-state index contributed by atoms with van der Waals surface area (Å²) in [5.74, 6) is -0.595. The predicted molar refractivity (Wildman–Crippen MR) is 68.8 cm³/mol. The largest absolute Gasteiger partial charge is 0.481 e. The van der Waals surface area contributed by atoms with Gasteiger partial charge in [0, 0.05) is 30.2 Å². The molecule has 0 spiro atoms. The lowest BCUT2D eigenvalue weighted by Gasteiger charge is -2.22. The zero-order valence-electron chi connectivity index (χ0n) is 9.48. The van der Waals surface area contributed by atoms with E-state index in [-0.39, 0.29) is 12.3 Å². The summed E-state index contributed by atoms with van der Waals surface area (Å²) >= 11 is 3.38. The van der Waals surface area contributed by atoms with Crippen LogP contribution in [-0.4, -0.2) is 24.7 Å². The Morgan fingerprint density at radius 1 is 1.44 bits per heavy atom. The molecule has 3 nitrogen and oxygen atoms in total. The molecule has 0 aliphatic carbocycles. The summed E-state index contributed by atoms with van der Waals surface area (Å²) in [6.07, 6.45) is 0.209. The summed E-state index contributed by atoms with van der Waals surface area (Å²) < 4.78 is 1.04. The molecule has 16 heavy (non-hydrogen) atoms. The molecule has 1 N–H and O–H groups in total. The first-order chi connectivity index (χ1) is 7.49. The van der Waals surface area contributed by atoms with Crippen LogP contribution in [0.5, 0.6) is 0 Å². The molecule has 0 amide bonds. The maximum atomic E-state index is 10.5. The van der Waals surface area contributed by atoms with Crippen LogP contribution >= 0.6 is 15.9 Å². The van der Waals surface area contributed by atoms with Gasteiger partial charge in [-0.3, -0.25) is 4.79 Å². The van der Waals surface area contributed by atoms with Crippen LogP contribution in [0.1, 0.15) is 13.3 Å². The first-order valence-corrected chi connectivity index (χ1v) is 5.97. The van der Waals surface area contributed by atoms with Crippen LogP contribution < -0.4 is 4.90 Å². The molecule has 1 aromatic rings. The Kier molecular flexibility index (Phi) is 4.80. The fourth-order valence-corrected chi connectivity index (χ4v) is 1.90. The molecule has 0 radical (unpaired) electrons. The van der Waals surface area contributed by atoms with E-state index in [9.17, 15) is 4.79 Å².